The Morgan fingerprint density at radius 1 is 1.42 bits per heavy atom. The summed E-state index contributed by atoms with van der Waals surface area (Å²) in [5, 5.41) is 5.30. The Morgan fingerprint density at radius 2 is 2.15 bits per heavy atom. The monoisotopic (exact) mass is 423 g/mol. The van der Waals surface area contributed by atoms with E-state index in [2.05, 4.69) is 27.7 Å². The first-order valence-corrected chi connectivity index (χ1v) is 9.88. The number of thiophene rings is 1. The molecule has 0 aromatic carbocycles. The van der Waals surface area contributed by atoms with Gasteiger partial charge >= 0.3 is 0 Å². The van der Waals surface area contributed by atoms with Crippen LogP contribution in [0.4, 0.5) is 0 Å². The molecule has 1 aliphatic heterocycles. The topological polar surface area (TPSA) is 67.6 Å². The van der Waals surface area contributed by atoms with Gasteiger partial charge in [-0.2, -0.15) is 0 Å². The second-order valence-electron chi connectivity index (χ2n) is 7.23. The van der Waals surface area contributed by atoms with E-state index in [4.69, 9.17) is 10.5 Å². The molecule has 0 spiro atoms. The molecule has 0 radical (unpaired) electrons. The number of nitrogens with one attached hydrogen (secondary N) is 1. The standard InChI is InChI=1S/C18H29N3O2S.2ClH/c1-18(19)7-3-2-5-14(18)17(22)20-13-15(16-6-4-12-24-16)21-8-10-23-11-9-21;;/h4,6,12,14-15H,2-3,5,7-11,13,19H2,1H3,(H,20,22);2*1H. The molecule has 1 aliphatic carbocycles. The second kappa shape index (κ2) is 10.8. The third kappa shape index (κ3) is 5.81. The van der Waals surface area contributed by atoms with E-state index in [9.17, 15) is 4.79 Å². The van der Waals surface area contributed by atoms with E-state index in [-0.39, 0.29) is 48.2 Å². The Bertz CT molecular complexity index is 537. The summed E-state index contributed by atoms with van der Waals surface area (Å²) in [6.45, 7) is 6.02. The van der Waals surface area contributed by atoms with Crippen molar-refractivity contribution in [3.05, 3.63) is 22.4 Å². The molecule has 5 nitrogen and oxygen atoms in total. The molecule has 0 bridgehead atoms. The number of halogens is 2. The van der Waals surface area contributed by atoms with Crippen molar-refractivity contribution in [3.63, 3.8) is 0 Å². The first-order valence-electron chi connectivity index (χ1n) is 9.00. The summed E-state index contributed by atoms with van der Waals surface area (Å²) in [4.78, 5) is 16.5. The predicted octanol–water partition coefficient (Wildman–Crippen LogP) is 2.99. The van der Waals surface area contributed by atoms with E-state index < -0.39 is 0 Å². The average Bonchev–Trinajstić information content (AvgIpc) is 3.10. The molecule has 3 N–H and O–H groups in total. The minimum absolute atomic E-state index is 0. The zero-order valence-electron chi connectivity index (χ0n) is 15.3. The van der Waals surface area contributed by atoms with E-state index in [0.29, 0.717) is 6.54 Å². The van der Waals surface area contributed by atoms with Crippen molar-refractivity contribution in [2.75, 3.05) is 32.8 Å². The molecule has 26 heavy (non-hydrogen) atoms. The lowest BCUT2D eigenvalue weighted by molar-refractivity contribution is -0.128. The van der Waals surface area contributed by atoms with Crippen LogP contribution in [0.5, 0.6) is 0 Å². The van der Waals surface area contributed by atoms with Crippen molar-refractivity contribution >= 4 is 42.1 Å². The number of morpholine rings is 1. The summed E-state index contributed by atoms with van der Waals surface area (Å²) in [5.74, 6) is 0.0504. The summed E-state index contributed by atoms with van der Waals surface area (Å²) >= 11 is 1.75. The Kier molecular flexibility index (Phi) is 9.86. The fourth-order valence-corrected chi connectivity index (χ4v) is 4.75. The van der Waals surface area contributed by atoms with E-state index in [1.807, 2.05) is 6.92 Å². The number of nitrogens with two attached hydrogens (primary N) is 1. The lowest BCUT2D eigenvalue weighted by atomic mass is 9.74. The van der Waals surface area contributed by atoms with Crippen LogP contribution in [0.15, 0.2) is 17.5 Å². The molecule has 2 aliphatic rings. The van der Waals surface area contributed by atoms with Gasteiger partial charge in [-0.3, -0.25) is 9.69 Å². The quantitative estimate of drug-likeness (QED) is 0.763. The van der Waals surface area contributed by atoms with Crippen LogP contribution >= 0.6 is 36.2 Å². The maximum absolute atomic E-state index is 12.7. The number of carbonyl (C=O) groups excluding carboxylic acids is 1. The van der Waals surface area contributed by atoms with Crippen molar-refractivity contribution < 1.29 is 9.53 Å². The number of hydrogen-bond donors (Lipinski definition) is 2. The first-order chi connectivity index (χ1) is 11.6. The van der Waals surface area contributed by atoms with Gasteiger partial charge in [-0.05, 0) is 31.2 Å². The highest BCUT2D eigenvalue weighted by molar-refractivity contribution is 7.10. The number of hydrogen-bond acceptors (Lipinski definition) is 5. The summed E-state index contributed by atoms with van der Waals surface area (Å²) in [6, 6.07) is 4.46. The van der Waals surface area contributed by atoms with Gasteiger partial charge in [-0.15, -0.1) is 36.2 Å². The third-order valence-electron chi connectivity index (χ3n) is 5.40. The molecule has 1 amide bonds. The molecule has 1 saturated carbocycles. The Labute approximate surface area is 172 Å². The lowest BCUT2D eigenvalue weighted by Gasteiger charge is -2.38. The summed E-state index contributed by atoms with van der Waals surface area (Å²) < 4.78 is 5.47. The van der Waals surface area contributed by atoms with Gasteiger partial charge in [0, 0.05) is 30.1 Å². The van der Waals surface area contributed by atoms with Gasteiger partial charge in [-0.25, -0.2) is 0 Å². The minimum Gasteiger partial charge on any atom is -0.379 e. The highest BCUT2D eigenvalue weighted by Crippen LogP contribution is 2.32. The minimum atomic E-state index is -0.375. The maximum Gasteiger partial charge on any atom is 0.225 e. The molecule has 1 aromatic rings. The number of ether oxygens (including phenoxy) is 1. The van der Waals surface area contributed by atoms with E-state index in [0.717, 1.165) is 52.0 Å². The Hall–Kier alpha value is -0.370. The SMILES string of the molecule is CC1(N)CCCCC1C(=O)NCC(c1cccs1)N1CCOCC1.Cl.Cl. The van der Waals surface area contributed by atoms with Gasteiger partial charge in [0.1, 0.15) is 0 Å². The highest BCUT2D eigenvalue weighted by Gasteiger charge is 2.38. The molecule has 150 valence electrons. The number of amides is 1. The molecule has 1 saturated heterocycles. The van der Waals surface area contributed by atoms with Gasteiger partial charge in [0.15, 0.2) is 0 Å². The largest absolute Gasteiger partial charge is 0.379 e. The van der Waals surface area contributed by atoms with Crippen molar-refractivity contribution in [1.29, 1.82) is 0 Å². The molecule has 3 unspecified atom stereocenters. The number of rotatable bonds is 5. The molecule has 2 fully saturated rings. The third-order valence-corrected chi connectivity index (χ3v) is 6.37. The van der Waals surface area contributed by atoms with Gasteiger partial charge in [0.05, 0.1) is 25.2 Å². The van der Waals surface area contributed by atoms with Crippen LogP contribution < -0.4 is 11.1 Å². The van der Waals surface area contributed by atoms with Crippen LogP contribution in [0.1, 0.15) is 43.5 Å². The van der Waals surface area contributed by atoms with Crippen LogP contribution in [-0.2, 0) is 9.53 Å². The fourth-order valence-electron chi connectivity index (χ4n) is 3.89. The normalized spacial score (nSPS) is 27.7. The van der Waals surface area contributed by atoms with Gasteiger partial charge in [0.25, 0.3) is 0 Å². The van der Waals surface area contributed by atoms with Gasteiger partial charge < -0.3 is 15.8 Å². The molecular formula is C18H31Cl2N3O2S. The Morgan fingerprint density at radius 3 is 2.77 bits per heavy atom. The van der Waals surface area contributed by atoms with Gasteiger partial charge in [-0.1, -0.05) is 18.9 Å². The summed E-state index contributed by atoms with van der Waals surface area (Å²) in [7, 11) is 0. The molecule has 3 atom stereocenters. The second-order valence-corrected chi connectivity index (χ2v) is 8.21. The fraction of sp³-hybridized carbons (Fsp3) is 0.722. The molecule has 1 aromatic heterocycles. The zero-order chi connectivity index (χ0) is 17.0. The van der Waals surface area contributed by atoms with Crippen molar-refractivity contribution in [1.82, 2.24) is 10.2 Å². The number of nitrogens with zero attached hydrogens (tertiary/aromatic N) is 1. The zero-order valence-corrected chi connectivity index (χ0v) is 17.8. The van der Waals surface area contributed by atoms with Crippen LogP contribution in [0.2, 0.25) is 0 Å². The van der Waals surface area contributed by atoms with Crippen LogP contribution in [-0.4, -0.2) is 49.2 Å². The lowest BCUT2D eigenvalue weighted by Crippen LogP contribution is -2.54. The maximum atomic E-state index is 12.7. The summed E-state index contributed by atoms with van der Waals surface area (Å²) in [5.41, 5.74) is 6.01. The van der Waals surface area contributed by atoms with E-state index in [1.165, 1.54) is 4.88 Å². The van der Waals surface area contributed by atoms with Crippen LogP contribution in [0.3, 0.4) is 0 Å². The first kappa shape index (κ1) is 23.7. The van der Waals surface area contributed by atoms with Crippen molar-refractivity contribution in [2.45, 2.75) is 44.2 Å². The summed E-state index contributed by atoms with van der Waals surface area (Å²) in [6.07, 6.45) is 4.06. The predicted molar refractivity (Wildman–Crippen MR) is 112 cm³/mol. The highest BCUT2D eigenvalue weighted by atomic mass is 35.5. The smallest absolute Gasteiger partial charge is 0.225 e. The van der Waals surface area contributed by atoms with Crippen molar-refractivity contribution in [3.8, 4) is 0 Å². The molecule has 8 heteroatoms. The van der Waals surface area contributed by atoms with E-state index >= 15 is 0 Å². The number of carbonyl (C=O) groups is 1. The molecule has 2 heterocycles. The van der Waals surface area contributed by atoms with Crippen LogP contribution in [0, 0.1) is 5.92 Å². The molecule has 3 rings (SSSR count). The average molecular weight is 424 g/mol. The van der Waals surface area contributed by atoms with Gasteiger partial charge in [0.2, 0.25) is 5.91 Å². The van der Waals surface area contributed by atoms with Crippen LogP contribution in [0.25, 0.3) is 0 Å². The Balaban J connectivity index is 0.00000169. The van der Waals surface area contributed by atoms with Crippen molar-refractivity contribution in [2.24, 2.45) is 11.7 Å². The van der Waals surface area contributed by atoms with E-state index in [1.54, 1.807) is 11.3 Å². The molecular weight excluding hydrogens is 393 g/mol.